The molecule has 1 aromatic carbocycles. The third-order valence-electron chi connectivity index (χ3n) is 2.20. The summed E-state index contributed by atoms with van der Waals surface area (Å²) in [5.74, 6) is 6.32. The molecule has 0 spiro atoms. The van der Waals surface area contributed by atoms with Gasteiger partial charge in [0.1, 0.15) is 0 Å². The summed E-state index contributed by atoms with van der Waals surface area (Å²) < 4.78 is 0. The predicted molar refractivity (Wildman–Crippen MR) is 61.1 cm³/mol. The number of nitrogens with one attached hydrogen (secondary N) is 1. The molecule has 0 heterocycles. The van der Waals surface area contributed by atoms with Crippen LogP contribution in [0.15, 0.2) is 30.3 Å². The molecule has 1 N–H and O–H groups in total. The Morgan fingerprint density at radius 2 is 2.00 bits per heavy atom. The molecule has 0 saturated heterocycles. The Bertz CT molecular complexity index is 305. The zero-order valence-electron chi connectivity index (χ0n) is 8.88. The molecule has 1 rings (SSSR count). The van der Waals surface area contributed by atoms with Crippen LogP contribution < -0.4 is 5.32 Å². The topological polar surface area (TPSA) is 12.0 Å². The molecule has 1 heteroatoms. The molecular formula is C13H17N. The summed E-state index contributed by atoms with van der Waals surface area (Å²) in [6, 6.07) is 10.7. The van der Waals surface area contributed by atoms with Crippen molar-refractivity contribution in [3.63, 3.8) is 0 Å². The van der Waals surface area contributed by atoms with Crippen molar-refractivity contribution in [2.75, 3.05) is 7.05 Å². The summed E-state index contributed by atoms with van der Waals surface area (Å²) in [5.41, 5.74) is 1.10. The minimum absolute atomic E-state index is 0.556. The van der Waals surface area contributed by atoms with Gasteiger partial charge in [0, 0.05) is 18.0 Å². The van der Waals surface area contributed by atoms with E-state index in [4.69, 9.17) is 0 Å². The van der Waals surface area contributed by atoms with E-state index in [-0.39, 0.29) is 0 Å². The Morgan fingerprint density at radius 3 is 2.64 bits per heavy atom. The molecular weight excluding hydrogens is 170 g/mol. The van der Waals surface area contributed by atoms with Crippen LogP contribution in [0.4, 0.5) is 0 Å². The second-order valence-electron chi connectivity index (χ2n) is 3.40. The maximum Gasteiger partial charge on any atom is 0.0245 e. The fourth-order valence-electron chi connectivity index (χ4n) is 1.12. The fraction of sp³-hybridized carbons (Fsp3) is 0.385. The number of hydrogen-bond donors (Lipinski definition) is 1. The lowest BCUT2D eigenvalue weighted by molar-refractivity contribution is 0.574. The maximum absolute atomic E-state index is 3.20. The highest BCUT2D eigenvalue weighted by Crippen LogP contribution is 1.97. The molecule has 74 valence electrons. The van der Waals surface area contributed by atoms with Crippen LogP contribution >= 0.6 is 0 Å². The van der Waals surface area contributed by atoms with Crippen LogP contribution in [0.3, 0.4) is 0 Å². The van der Waals surface area contributed by atoms with E-state index in [0.717, 1.165) is 18.4 Å². The van der Waals surface area contributed by atoms with Crippen LogP contribution in [0.5, 0.6) is 0 Å². The molecule has 0 amide bonds. The standard InChI is InChI=1S/C13H17N/c1-12(14-2)8-6-7-11-13-9-4-3-5-10-13/h3-5,9-10,12,14H,6,8H2,1-2H3. The average Bonchev–Trinajstić information content (AvgIpc) is 2.25. The van der Waals surface area contributed by atoms with Crippen molar-refractivity contribution in [1.82, 2.24) is 5.32 Å². The summed E-state index contributed by atoms with van der Waals surface area (Å²) in [4.78, 5) is 0. The fourth-order valence-corrected chi connectivity index (χ4v) is 1.12. The molecule has 0 aromatic heterocycles. The first kappa shape index (κ1) is 10.8. The lowest BCUT2D eigenvalue weighted by Crippen LogP contribution is -2.20. The van der Waals surface area contributed by atoms with Crippen molar-refractivity contribution in [1.29, 1.82) is 0 Å². The van der Waals surface area contributed by atoms with Gasteiger partial charge in [-0.2, -0.15) is 0 Å². The van der Waals surface area contributed by atoms with E-state index in [2.05, 4.69) is 24.1 Å². The van der Waals surface area contributed by atoms with E-state index in [9.17, 15) is 0 Å². The van der Waals surface area contributed by atoms with Gasteiger partial charge in [-0.15, -0.1) is 0 Å². The molecule has 0 aliphatic heterocycles. The van der Waals surface area contributed by atoms with E-state index >= 15 is 0 Å². The van der Waals surface area contributed by atoms with Crippen molar-refractivity contribution < 1.29 is 0 Å². The Balaban J connectivity index is 2.34. The summed E-state index contributed by atoms with van der Waals surface area (Å²) in [6.45, 7) is 2.17. The van der Waals surface area contributed by atoms with Crippen LogP contribution in [0.2, 0.25) is 0 Å². The van der Waals surface area contributed by atoms with Gasteiger partial charge in [0.05, 0.1) is 0 Å². The van der Waals surface area contributed by atoms with Gasteiger partial charge in [0.25, 0.3) is 0 Å². The second-order valence-corrected chi connectivity index (χ2v) is 3.40. The SMILES string of the molecule is CNC(C)CCC#Cc1ccccc1. The van der Waals surface area contributed by atoms with Crippen molar-refractivity contribution in [2.24, 2.45) is 0 Å². The normalized spacial score (nSPS) is 11.6. The van der Waals surface area contributed by atoms with E-state index in [1.54, 1.807) is 0 Å². The van der Waals surface area contributed by atoms with Crippen LogP contribution in [-0.4, -0.2) is 13.1 Å². The van der Waals surface area contributed by atoms with Gasteiger partial charge in [0.2, 0.25) is 0 Å². The van der Waals surface area contributed by atoms with Crippen molar-refractivity contribution in [3.05, 3.63) is 35.9 Å². The number of hydrogen-bond acceptors (Lipinski definition) is 1. The molecule has 1 atom stereocenters. The summed E-state index contributed by atoms with van der Waals surface area (Å²) in [6.07, 6.45) is 2.06. The van der Waals surface area contributed by atoms with Crippen molar-refractivity contribution >= 4 is 0 Å². The van der Waals surface area contributed by atoms with E-state index in [1.165, 1.54) is 0 Å². The maximum atomic E-state index is 3.20. The third kappa shape index (κ3) is 4.11. The first-order valence-corrected chi connectivity index (χ1v) is 5.04. The Labute approximate surface area is 86.5 Å². The minimum atomic E-state index is 0.556. The monoisotopic (exact) mass is 187 g/mol. The lowest BCUT2D eigenvalue weighted by Gasteiger charge is -2.05. The van der Waals surface area contributed by atoms with Gasteiger partial charge in [-0.25, -0.2) is 0 Å². The van der Waals surface area contributed by atoms with Gasteiger partial charge in [-0.05, 0) is 32.5 Å². The number of rotatable bonds is 3. The Morgan fingerprint density at radius 1 is 1.29 bits per heavy atom. The van der Waals surface area contributed by atoms with E-state index in [0.29, 0.717) is 6.04 Å². The Kier molecular flexibility index (Phi) is 4.82. The lowest BCUT2D eigenvalue weighted by atomic mass is 10.1. The quantitative estimate of drug-likeness (QED) is 0.717. The largest absolute Gasteiger partial charge is 0.317 e. The Hall–Kier alpha value is -1.26. The van der Waals surface area contributed by atoms with E-state index < -0.39 is 0 Å². The second kappa shape index (κ2) is 6.23. The highest BCUT2D eigenvalue weighted by molar-refractivity contribution is 5.33. The third-order valence-corrected chi connectivity index (χ3v) is 2.20. The van der Waals surface area contributed by atoms with Gasteiger partial charge in [0.15, 0.2) is 0 Å². The van der Waals surface area contributed by atoms with Crippen LogP contribution in [-0.2, 0) is 0 Å². The molecule has 0 fully saturated rings. The molecule has 0 saturated carbocycles. The summed E-state index contributed by atoms with van der Waals surface area (Å²) in [7, 11) is 1.98. The molecule has 0 aliphatic carbocycles. The van der Waals surface area contributed by atoms with Gasteiger partial charge >= 0.3 is 0 Å². The van der Waals surface area contributed by atoms with E-state index in [1.807, 2.05) is 37.4 Å². The average molecular weight is 187 g/mol. The van der Waals surface area contributed by atoms with Crippen LogP contribution in [0.25, 0.3) is 0 Å². The zero-order chi connectivity index (χ0) is 10.2. The first-order valence-electron chi connectivity index (χ1n) is 5.04. The molecule has 0 radical (unpaired) electrons. The minimum Gasteiger partial charge on any atom is -0.317 e. The van der Waals surface area contributed by atoms with Crippen LogP contribution in [0.1, 0.15) is 25.3 Å². The zero-order valence-corrected chi connectivity index (χ0v) is 8.88. The smallest absolute Gasteiger partial charge is 0.0245 e. The van der Waals surface area contributed by atoms with Gasteiger partial charge < -0.3 is 5.32 Å². The van der Waals surface area contributed by atoms with Crippen molar-refractivity contribution in [3.8, 4) is 11.8 Å². The van der Waals surface area contributed by atoms with Crippen molar-refractivity contribution in [2.45, 2.75) is 25.8 Å². The summed E-state index contributed by atoms with van der Waals surface area (Å²) in [5, 5.41) is 3.20. The van der Waals surface area contributed by atoms with Crippen LogP contribution in [0, 0.1) is 11.8 Å². The highest BCUT2D eigenvalue weighted by Gasteiger charge is 1.93. The molecule has 14 heavy (non-hydrogen) atoms. The number of benzene rings is 1. The molecule has 0 aliphatic rings. The van der Waals surface area contributed by atoms with Gasteiger partial charge in [-0.3, -0.25) is 0 Å². The molecule has 0 bridgehead atoms. The van der Waals surface area contributed by atoms with Gasteiger partial charge in [-0.1, -0.05) is 30.0 Å². The molecule has 1 nitrogen and oxygen atoms in total. The molecule has 1 unspecified atom stereocenters. The highest BCUT2D eigenvalue weighted by atomic mass is 14.8. The predicted octanol–water partition coefficient (Wildman–Crippen LogP) is 2.43. The first-order chi connectivity index (χ1) is 6.83. The molecule has 1 aromatic rings. The summed E-state index contributed by atoms with van der Waals surface area (Å²) >= 11 is 0.